The van der Waals surface area contributed by atoms with Crippen LogP contribution in [0.15, 0.2) is 36.4 Å². The van der Waals surface area contributed by atoms with Gasteiger partial charge in [0.15, 0.2) is 0 Å². The number of hydrogen-bond acceptors (Lipinski definition) is 5. The Morgan fingerprint density at radius 2 is 1.91 bits per heavy atom. The van der Waals surface area contributed by atoms with E-state index in [1.54, 1.807) is 0 Å². The molecule has 0 spiro atoms. The zero-order valence-corrected chi connectivity index (χ0v) is 18.8. The van der Waals surface area contributed by atoms with Crippen molar-refractivity contribution >= 4 is 38.9 Å². The summed E-state index contributed by atoms with van der Waals surface area (Å²) in [7, 11) is 0. The molecule has 2 N–H and O–H groups in total. The monoisotopic (exact) mass is 445 g/mol. The summed E-state index contributed by atoms with van der Waals surface area (Å²) in [4.78, 5) is 24.0. The fourth-order valence-corrected chi connectivity index (χ4v) is 6.98. The van der Waals surface area contributed by atoms with Gasteiger partial charge in [0.1, 0.15) is 16.5 Å². The maximum atomic E-state index is 11.4. The van der Waals surface area contributed by atoms with Crippen molar-refractivity contribution in [3.63, 3.8) is 0 Å². The fraction of sp³-hybridized carbons (Fsp3) is 0.423. The number of aromatic nitrogens is 2. The zero-order chi connectivity index (χ0) is 21.7. The normalized spacial score (nSPS) is 23.9. The third-order valence-corrected chi connectivity index (χ3v) is 8.58. The summed E-state index contributed by atoms with van der Waals surface area (Å²) in [6.45, 7) is 0.828. The van der Waals surface area contributed by atoms with Crippen LogP contribution in [0.25, 0.3) is 15.8 Å². The van der Waals surface area contributed by atoms with Crippen molar-refractivity contribution in [2.75, 3.05) is 11.9 Å². The highest BCUT2D eigenvalue weighted by molar-refractivity contribution is 7.19. The average molecular weight is 446 g/mol. The van der Waals surface area contributed by atoms with Gasteiger partial charge in [-0.3, -0.25) is 4.79 Å². The van der Waals surface area contributed by atoms with Gasteiger partial charge in [-0.15, -0.1) is 11.3 Å². The number of thiophene rings is 1. The molecule has 3 aliphatic carbocycles. The molecule has 3 aliphatic rings. The van der Waals surface area contributed by atoms with E-state index in [9.17, 15) is 9.90 Å². The van der Waals surface area contributed by atoms with E-state index < -0.39 is 5.97 Å². The predicted octanol–water partition coefficient (Wildman–Crippen LogP) is 5.98. The Balaban J connectivity index is 1.32. The van der Waals surface area contributed by atoms with Crippen LogP contribution in [-0.4, -0.2) is 27.6 Å². The molecule has 0 bridgehead atoms. The molecular formula is C26H27N3O2S. The summed E-state index contributed by atoms with van der Waals surface area (Å²) >= 11 is 1.84. The molecule has 6 heteroatoms. The van der Waals surface area contributed by atoms with Crippen molar-refractivity contribution in [1.82, 2.24) is 9.97 Å². The van der Waals surface area contributed by atoms with E-state index in [1.807, 2.05) is 17.4 Å². The first-order valence-electron chi connectivity index (χ1n) is 11.7. The molecule has 0 radical (unpaired) electrons. The van der Waals surface area contributed by atoms with Crippen LogP contribution in [0.5, 0.6) is 0 Å². The van der Waals surface area contributed by atoms with Gasteiger partial charge in [0.25, 0.3) is 0 Å². The lowest BCUT2D eigenvalue weighted by Gasteiger charge is -2.27. The highest BCUT2D eigenvalue weighted by Crippen LogP contribution is 2.59. The van der Waals surface area contributed by atoms with Crippen LogP contribution in [-0.2, 0) is 11.2 Å². The van der Waals surface area contributed by atoms with E-state index in [4.69, 9.17) is 9.97 Å². The van der Waals surface area contributed by atoms with Crippen LogP contribution in [0, 0.1) is 5.92 Å². The van der Waals surface area contributed by atoms with E-state index in [2.05, 4.69) is 35.7 Å². The number of carboxylic acid groups (broad SMARTS) is 1. The third-order valence-electron chi connectivity index (χ3n) is 7.39. The lowest BCUT2D eigenvalue weighted by molar-refractivity contribution is -0.142. The number of benzene rings is 1. The van der Waals surface area contributed by atoms with Gasteiger partial charge in [0.2, 0.25) is 0 Å². The van der Waals surface area contributed by atoms with Crippen LogP contribution in [0.4, 0.5) is 5.82 Å². The van der Waals surface area contributed by atoms with Gasteiger partial charge in [-0.05, 0) is 56.1 Å². The Bertz CT molecular complexity index is 1210. The minimum absolute atomic E-state index is 0.216. The number of fused-ring (bicyclic) bond motifs is 6. The molecule has 2 aromatic heterocycles. The molecule has 3 aromatic rings. The van der Waals surface area contributed by atoms with E-state index >= 15 is 0 Å². The van der Waals surface area contributed by atoms with Crippen LogP contribution in [0.3, 0.4) is 0 Å². The quantitative estimate of drug-likeness (QED) is 0.488. The van der Waals surface area contributed by atoms with Crippen LogP contribution in [0.2, 0.25) is 0 Å². The molecule has 32 heavy (non-hydrogen) atoms. The highest BCUT2D eigenvalue weighted by atomic mass is 32.1. The number of anilines is 1. The Hall–Kier alpha value is -2.73. The fourth-order valence-electron chi connectivity index (χ4n) is 5.62. The molecule has 2 heterocycles. The minimum Gasteiger partial charge on any atom is -0.481 e. The predicted molar refractivity (Wildman–Crippen MR) is 128 cm³/mol. The molecule has 1 atom stereocenters. The van der Waals surface area contributed by atoms with Gasteiger partial charge in [-0.2, -0.15) is 0 Å². The third kappa shape index (κ3) is 3.32. The Morgan fingerprint density at radius 1 is 1.09 bits per heavy atom. The second kappa shape index (κ2) is 8.00. The van der Waals surface area contributed by atoms with E-state index in [1.165, 1.54) is 39.8 Å². The molecule has 0 saturated heterocycles. The molecule has 1 unspecified atom stereocenters. The number of hydrogen-bond donors (Lipinski definition) is 2. The van der Waals surface area contributed by atoms with Gasteiger partial charge in [0, 0.05) is 28.8 Å². The minimum atomic E-state index is -0.665. The number of allylic oxidation sites excluding steroid dienone is 2. The summed E-state index contributed by atoms with van der Waals surface area (Å²) in [5.41, 5.74) is 4.20. The van der Waals surface area contributed by atoms with Gasteiger partial charge < -0.3 is 10.4 Å². The number of carboxylic acids is 1. The van der Waals surface area contributed by atoms with Crippen molar-refractivity contribution in [2.24, 2.45) is 5.92 Å². The molecule has 6 rings (SSSR count). The Kier molecular flexibility index (Phi) is 4.98. The summed E-state index contributed by atoms with van der Waals surface area (Å²) in [6, 6.07) is 10.5. The maximum absolute atomic E-state index is 11.4. The smallest absolute Gasteiger partial charge is 0.306 e. The zero-order valence-electron chi connectivity index (χ0n) is 18.0. The van der Waals surface area contributed by atoms with Gasteiger partial charge in [0.05, 0.1) is 11.3 Å². The van der Waals surface area contributed by atoms with Crippen LogP contribution >= 0.6 is 11.3 Å². The standard InChI is InChI=1S/C26H27N3O2S/c30-26(31)17-11-9-16(10-12-17)23-28-24(27-14-13-15-5-2-1-3-6-15)21-20-18-7-4-8-19(18)22(20)32-25(21)29-23/h1-3,5-7,16-17,19H,4,8-14H2,(H,30,31)(H,27,28,29). The van der Waals surface area contributed by atoms with Gasteiger partial charge in [-0.25, -0.2) is 9.97 Å². The number of nitrogens with one attached hydrogen (secondary N) is 1. The first-order chi connectivity index (χ1) is 15.7. The topological polar surface area (TPSA) is 75.1 Å². The second-order valence-corrected chi connectivity index (χ2v) is 10.3. The van der Waals surface area contributed by atoms with Crippen molar-refractivity contribution in [3.05, 3.63) is 58.2 Å². The summed E-state index contributed by atoms with van der Waals surface area (Å²) in [6.07, 6.45) is 8.88. The van der Waals surface area contributed by atoms with Crippen molar-refractivity contribution in [1.29, 1.82) is 0 Å². The molecule has 0 amide bonds. The van der Waals surface area contributed by atoms with Gasteiger partial charge in [-0.1, -0.05) is 36.4 Å². The first-order valence-corrected chi connectivity index (χ1v) is 12.6. The molecule has 0 aliphatic heterocycles. The largest absolute Gasteiger partial charge is 0.481 e. The lowest BCUT2D eigenvalue weighted by atomic mass is 9.79. The van der Waals surface area contributed by atoms with Gasteiger partial charge >= 0.3 is 5.97 Å². The van der Waals surface area contributed by atoms with Crippen molar-refractivity contribution in [2.45, 2.75) is 56.8 Å². The molecule has 164 valence electrons. The summed E-state index contributed by atoms with van der Waals surface area (Å²) < 4.78 is 0. The van der Waals surface area contributed by atoms with E-state index in [-0.39, 0.29) is 11.8 Å². The van der Waals surface area contributed by atoms with Crippen molar-refractivity contribution < 1.29 is 9.90 Å². The number of rotatable bonds is 6. The van der Waals surface area contributed by atoms with Crippen LogP contribution in [0.1, 0.15) is 72.2 Å². The summed E-state index contributed by atoms with van der Waals surface area (Å²) in [5, 5.41) is 14.2. The Labute approximate surface area is 191 Å². The molecule has 1 saturated carbocycles. The number of aliphatic carboxylic acids is 1. The van der Waals surface area contributed by atoms with Crippen molar-refractivity contribution in [3.8, 4) is 0 Å². The lowest BCUT2D eigenvalue weighted by Crippen LogP contribution is -2.22. The number of carbonyl (C=O) groups is 1. The SMILES string of the molecule is O=C(O)C1CCC(c2nc(NCCc3ccccc3)c3c4c(sc3n2)C2CCC=C42)CC1. The average Bonchev–Trinajstić information content (AvgIpc) is 3.37. The first kappa shape index (κ1) is 19.9. The molecule has 1 fully saturated rings. The molecular weight excluding hydrogens is 418 g/mol. The number of nitrogens with zero attached hydrogens (tertiary/aromatic N) is 2. The summed E-state index contributed by atoms with van der Waals surface area (Å²) in [5.74, 6) is 1.83. The highest BCUT2D eigenvalue weighted by Gasteiger charge is 2.40. The maximum Gasteiger partial charge on any atom is 0.306 e. The van der Waals surface area contributed by atoms with E-state index in [0.717, 1.165) is 42.3 Å². The Morgan fingerprint density at radius 3 is 2.69 bits per heavy atom. The molecule has 1 aromatic carbocycles. The van der Waals surface area contributed by atoms with Crippen LogP contribution < -0.4 is 5.32 Å². The molecule has 5 nitrogen and oxygen atoms in total. The second-order valence-electron chi connectivity index (χ2n) is 9.29. The van der Waals surface area contributed by atoms with E-state index in [0.29, 0.717) is 18.8 Å².